The minimum atomic E-state index is -0.237. The largest absolute Gasteiger partial charge is 0.483 e. The van der Waals surface area contributed by atoms with Crippen LogP contribution in [0.3, 0.4) is 0 Å². The summed E-state index contributed by atoms with van der Waals surface area (Å²) < 4.78 is 5.54. The number of carbonyl (C=O) groups excluding carboxylic acids is 2. The highest BCUT2D eigenvalue weighted by Crippen LogP contribution is 2.22. The summed E-state index contributed by atoms with van der Waals surface area (Å²) in [7, 11) is 3.32. The van der Waals surface area contributed by atoms with E-state index in [-0.39, 0.29) is 24.5 Å². The first kappa shape index (κ1) is 19.8. The molecule has 138 valence electrons. The zero-order chi connectivity index (χ0) is 19.1. The maximum Gasteiger partial charge on any atom is 0.259 e. The molecule has 1 N–H and O–H groups in total. The van der Waals surface area contributed by atoms with Gasteiger partial charge in [0.2, 0.25) is 0 Å². The van der Waals surface area contributed by atoms with Crippen molar-refractivity contribution >= 4 is 23.6 Å². The van der Waals surface area contributed by atoms with Crippen molar-refractivity contribution in [3.8, 4) is 5.75 Å². The van der Waals surface area contributed by atoms with Crippen molar-refractivity contribution in [3.05, 3.63) is 59.7 Å². The molecule has 0 aliphatic heterocycles. The lowest BCUT2D eigenvalue weighted by molar-refractivity contribution is -0.130. The lowest BCUT2D eigenvalue weighted by Crippen LogP contribution is -2.29. The number of likely N-dealkylation sites (N-methyl/N-ethyl adjacent to an activating group) is 1. The zero-order valence-corrected chi connectivity index (χ0v) is 16.3. The van der Waals surface area contributed by atoms with Gasteiger partial charge in [0.05, 0.1) is 11.6 Å². The molecule has 6 heteroatoms. The van der Waals surface area contributed by atoms with Crippen LogP contribution in [0.1, 0.15) is 28.9 Å². The van der Waals surface area contributed by atoms with Crippen LogP contribution in [0.5, 0.6) is 5.75 Å². The highest BCUT2D eigenvalue weighted by Gasteiger charge is 2.16. The van der Waals surface area contributed by atoms with E-state index < -0.39 is 0 Å². The normalized spacial score (nSPS) is 11.5. The van der Waals surface area contributed by atoms with E-state index in [1.807, 2.05) is 37.4 Å². The van der Waals surface area contributed by atoms with Crippen LogP contribution in [0.2, 0.25) is 0 Å². The Bertz CT molecular complexity index is 760. The molecule has 0 fully saturated rings. The molecule has 1 unspecified atom stereocenters. The number of rotatable bonds is 7. The van der Waals surface area contributed by atoms with Crippen LogP contribution in [0.15, 0.2) is 53.4 Å². The Kier molecular flexibility index (Phi) is 7.09. The van der Waals surface area contributed by atoms with Crippen LogP contribution >= 0.6 is 11.8 Å². The zero-order valence-electron chi connectivity index (χ0n) is 15.5. The van der Waals surface area contributed by atoms with Crippen molar-refractivity contribution in [3.63, 3.8) is 0 Å². The molecule has 5 nitrogen and oxygen atoms in total. The summed E-state index contributed by atoms with van der Waals surface area (Å²) in [5.74, 6) is -0.00746. The quantitative estimate of drug-likeness (QED) is 0.757. The molecule has 0 aliphatic rings. The number of carbonyl (C=O) groups is 2. The number of nitrogens with zero attached hydrogens (tertiary/aromatic N) is 1. The molecule has 0 spiro atoms. The highest BCUT2D eigenvalue weighted by atomic mass is 32.2. The summed E-state index contributed by atoms with van der Waals surface area (Å²) in [4.78, 5) is 27.0. The van der Waals surface area contributed by atoms with Gasteiger partial charge in [-0.3, -0.25) is 9.59 Å². The third-order valence-electron chi connectivity index (χ3n) is 3.95. The Morgan fingerprint density at radius 2 is 1.77 bits per heavy atom. The molecular weight excluding hydrogens is 348 g/mol. The minimum Gasteiger partial charge on any atom is -0.483 e. The minimum absolute atomic E-state index is 0.108. The molecule has 1 atom stereocenters. The van der Waals surface area contributed by atoms with E-state index in [2.05, 4.69) is 5.32 Å². The molecule has 2 amide bonds. The van der Waals surface area contributed by atoms with Crippen molar-refractivity contribution in [1.82, 2.24) is 10.2 Å². The summed E-state index contributed by atoms with van der Waals surface area (Å²) in [5.41, 5.74) is 1.43. The highest BCUT2D eigenvalue weighted by molar-refractivity contribution is 7.98. The number of amides is 2. The molecule has 2 rings (SSSR count). The molecule has 0 saturated heterocycles. The molecule has 26 heavy (non-hydrogen) atoms. The standard InChI is InChI=1S/C20H24N2O3S/c1-14(15-9-11-16(26-4)12-10-15)21-20(24)17-7-5-6-8-18(17)25-13-19(23)22(2)3/h5-12,14H,13H2,1-4H3,(H,21,24). The van der Waals surface area contributed by atoms with Crippen LogP contribution in [0, 0.1) is 0 Å². The fraction of sp³-hybridized carbons (Fsp3) is 0.300. The van der Waals surface area contributed by atoms with Gasteiger partial charge < -0.3 is 15.0 Å². The van der Waals surface area contributed by atoms with Crippen molar-refractivity contribution in [2.24, 2.45) is 0 Å². The average molecular weight is 372 g/mol. The lowest BCUT2D eigenvalue weighted by atomic mass is 10.1. The number of para-hydroxylation sites is 1. The number of benzene rings is 2. The van der Waals surface area contributed by atoms with Gasteiger partial charge in [-0.15, -0.1) is 11.8 Å². The van der Waals surface area contributed by atoms with Crippen molar-refractivity contribution in [2.45, 2.75) is 17.9 Å². The van der Waals surface area contributed by atoms with E-state index in [1.54, 1.807) is 50.1 Å². The summed E-state index contributed by atoms with van der Waals surface area (Å²) in [6.45, 7) is 1.83. The van der Waals surface area contributed by atoms with E-state index >= 15 is 0 Å². The van der Waals surface area contributed by atoms with E-state index in [4.69, 9.17) is 4.74 Å². The van der Waals surface area contributed by atoms with E-state index in [1.165, 1.54) is 9.80 Å². The molecule has 2 aromatic rings. The predicted octanol–water partition coefficient (Wildman–Crippen LogP) is 3.37. The van der Waals surface area contributed by atoms with Crippen LogP contribution in [0.25, 0.3) is 0 Å². The second-order valence-electron chi connectivity index (χ2n) is 6.04. The van der Waals surface area contributed by atoms with Crippen molar-refractivity contribution in [2.75, 3.05) is 27.0 Å². The van der Waals surface area contributed by atoms with Gasteiger partial charge in [-0.2, -0.15) is 0 Å². The van der Waals surface area contributed by atoms with Gasteiger partial charge in [0.1, 0.15) is 5.75 Å². The maximum absolute atomic E-state index is 12.7. The summed E-state index contributed by atoms with van der Waals surface area (Å²) in [5, 5.41) is 2.98. The second kappa shape index (κ2) is 9.29. The third kappa shape index (κ3) is 5.26. The summed E-state index contributed by atoms with van der Waals surface area (Å²) >= 11 is 1.68. The fourth-order valence-electron chi connectivity index (χ4n) is 2.30. The van der Waals surface area contributed by atoms with Crippen LogP contribution < -0.4 is 10.1 Å². The molecule has 0 aliphatic carbocycles. The van der Waals surface area contributed by atoms with Gasteiger partial charge >= 0.3 is 0 Å². The first-order chi connectivity index (χ1) is 12.4. The summed E-state index contributed by atoms with van der Waals surface area (Å²) in [6.07, 6.45) is 2.03. The molecular formula is C20H24N2O3S. The van der Waals surface area contributed by atoms with Gasteiger partial charge in [-0.05, 0) is 43.0 Å². The van der Waals surface area contributed by atoms with Crippen LogP contribution in [-0.4, -0.2) is 43.7 Å². The van der Waals surface area contributed by atoms with E-state index in [0.29, 0.717) is 11.3 Å². The van der Waals surface area contributed by atoms with Gasteiger partial charge in [0.15, 0.2) is 6.61 Å². The maximum atomic E-state index is 12.7. The van der Waals surface area contributed by atoms with Crippen molar-refractivity contribution < 1.29 is 14.3 Å². The topological polar surface area (TPSA) is 58.6 Å². The molecule has 0 radical (unpaired) electrons. The average Bonchev–Trinajstić information content (AvgIpc) is 2.66. The first-order valence-corrected chi connectivity index (χ1v) is 9.51. The predicted molar refractivity (Wildman–Crippen MR) is 105 cm³/mol. The Morgan fingerprint density at radius 1 is 1.12 bits per heavy atom. The Morgan fingerprint density at radius 3 is 2.38 bits per heavy atom. The van der Waals surface area contributed by atoms with Crippen LogP contribution in [-0.2, 0) is 4.79 Å². The van der Waals surface area contributed by atoms with Gasteiger partial charge in [0, 0.05) is 19.0 Å². The Balaban J connectivity index is 2.07. The Hall–Kier alpha value is -2.47. The van der Waals surface area contributed by atoms with Crippen molar-refractivity contribution in [1.29, 1.82) is 0 Å². The first-order valence-electron chi connectivity index (χ1n) is 8.29. The van der Waals surface area contributed by atoms with Crippen LogP contribution in [0.4, 0.5) is 0 Å². The van der Waals surface area contributed by atoms with E-state index in [0.717, 1.165) is 5.56 Å². The summed E-state index contributed by atoms with van der Waals surface area (Å²) in [6, 6.07) is 14.9. The smallest absolute Gasteiger partial charge is 0.259 e. The third-order valence-corrected chi connectivity index (χ3v) is 4.69. The van der Waals surface area contributed by atoms with Gasteiger partial charge in [-0.25, -0.2) is 0 Å². The number of ether oxygens (including phenoxy) is 1. The number of nitrogens with one attached hydrogen (secondary N) is 1. The molecule has 0 heterocycles. The molecule has 0 aromatic heterocycles. The van der Waals surface area contributed by atoms with Gasteiger partial charge in [-0.1, -0.05) is 24.3 Å². The number of thioether (sulfide) groups is 1. The van der Waals surface area contributed by atoms with E-state index in [9.17, 15) is 9.59 Å². The fourth-order valence-corrected chi connectivity index (χ4v) is 2.71. The van der Waals surface area contributed by atoms with Gasteiger partial charge in [0.25, 0.3) is 11.8 Å². The molecule has 2 aromatic carbocycles. The second-order valence-corrected chi connectivity index (χ2v) is 6.92. The monoisotopic (exact) mass is 372 g/mol. The Labute approximate surface area is 158 Å². The molecule has 0 bridgehead atoms. The number of hydrogen-bond acceptors (Lipinski definition) is 4. The lowest BCUT2D eigenvalue weighted by Gasteiger charge is -2.17. The molecule has 0 saturated carbocycles. The number of hydrogen-bond donors (Lipinski definition) is 1. The SMILES string of the molecule is CSc1ccc(C(C)NC(=O)c2ccccc2OCC(=O)N(C)C)cc1.